The number of hydrogen-bond acceptors (Lipinski definition) is 4. The van der Waals surface area contributed by atoms with Gasteiger partial charge in [-0.3, -0.25) is 9.59 Å². The number of piperidine rings is 1. The van der Waals surface area contributed by atoms with Gasteiger partial charge < -0.3 is 20.3 Å². The highest BCUT2D eigenvalue weighted by atomic mass is 16.5. The van der Waals surface area contributed by atoms with Gasteiger partial charge in [0.25, 0.3) is 11.8 Å². The van der Waals surface area contributed by atoms with Crippen molar-refractivity contribution in [2.24, 2.45) is 0 Å². The average Bonchev–Trinajstić information content (AvgIpc) is 2.64. The predicted octanol–water partition coefficient (Wildman–Crippen LogP) is 2.03. The van der Waals surface area contributed by atoms with E-state index in [0.29, 0.717) is 17.9 Å². The number of benzene rings is 1. The Morgan fingerprint density at radius 1 is 1.08 bits per heavy atom. The first-order valence-corrected chi connectivity index (χ1v) is 9.53. The summed E-state index contributed by atoms with van der Waals surface area (Å²) in [6, 6.07) is 3.63. The Kier molecular flexibility index (Phi) is 7.91. The smallest absolute Gasteiger partial charge is 0.260 e. The second kappa shape index (κ2) is 10.2. The minimum absolute atomic E-state index is 0.0359. The SMILES string of the molecule is CCNCCNC(=O)c1cc(C)c(OCC(=O)N2CCCCC2)c(C)c1. The standard InChI is InChI=1S/C20H31N3O3/c1-4-21-8-9-22-20(25)17-12-15(2)19(16(3)13-17)26-14-18(24)23-10-6-5-7-11-23/h12-13,21H,4-11,14H2,1-3H3,(H,22,25). The molecule has 6 nitrogen and oxygen atoms in total. The minimum Gasteiger partial charge on any atom is -0.483 e. The van der Waals surface area contributed by atoms with E-state index in [9.17, 15) is 9.59 Å². The number of likely N-dealkylation sites (tertiary alicyclic amines) is 1. The lowest BCUT2D eigenvalue weighted by Gasteiger charge is -2.26. The first-order chi connectivity index (χ1) is 12.5. The van der Waals surface area contributed by atoms with Crippen LogP contribution in [-0.2, 0) is 4.79 Å². The van der Waals surface area contributed by atoms with Gasteiger partial charge >= 0.3 is 0 Å². The zero-order valence-electron chi connectivity index (χ0n) is 16.2. The number of amides is 2. The number of nitrogens with one attached hydrogen (secondary N) is 2. The van der Waals surface area contributed by atoms with Crippen LogP contribution in [0.5, 0.6) is 5.75 Å². The van der Waals surface area contributed by atoms with Gasteiger partial charge in [0, 0.05) is 31.7 Å². The predicted molar refractivity (Wildman–Crippen MR) is 103 cm³/mol. The van der Waals surface area contributed by atoms with Gasteiger partial charge in [-0.15, -0.1) is 0 Å². The Balaban J connectivity index is 1.93. The summed E-state index contributed by atoms with van der Waals surface area (Å²) < 4.78 is 5.80. The number of hydrogen-bond donors (Lipinski definition) is 2. The molecule has 0 spiro atoms. The Morgan fingerprint density at radius 2 is 1.73 bits per heavy atom. The van der Waals surface area contributed by atoms with Gasteiger partial charge in [-0.1, -0.05) is 6.92 Å². The zero-order chi connectivity index (χ0) is 18.9. The van der Waals surface area contributed by atoms with Crippen LogP contribution in [0.1, 0.15) is 47.7 Å². The number of nitrogens with zero attached hydrogens (tertiary/aromatic N) is 1. The van der Waals surface area contributed by atoms with Crippen LogP contribution < -0.4 is 15.4 Å². The molecular weight excluding hydrogens is 330 g/mol. The molecule has 2 amide bonds. The van der Waals surface area contributed by atoms with Crippen LogP contribution in [0, 0.1) is 13.8 Å². The van der Waals surface area contributed by atoms with Crippen LogP contribution in [0.4, 0.5) is 0 Å². The minimum atomic E-state index is -0.0925. The number of aryl methyl sites for hydroxylation is 2. The third-order valence-electron chi connectivity index (χ3n) is 4.61. The lowest BCUT2D eigenvalue weighted by Crippen LogP contribution is -2.38. The molecule has 0 saturated carbocycles. The summed E-state index contributed by atoms with van der Waals surface area (Å²) in [6.07, 6.45) is 3.34. The van der Waals surface area contributed by atoms with Crippen molar-refractivity contribution in [3.63, 3.8) is 0 Å². The van der Waals surface area contributed by atoms with Crippen molar-refractivity contribution in [2.45, 2.75) is 40.0 Å². The van der Waals surface area contributed by atoms with E-state index in [-0.39, 0.29) is 18.4 Å². The molecule has 1 aromatic rings. The van der Waals surface area contributed by atoms with Crippen molar-refractivity contribution < 1.29 is 14.3 Å². The molecule has 1 aliphatic heterocycles. The fourth-order valence-corrected chi connectivity index (χ4v) is 3.22. The third-order valence-corrected chi connectivity index (χ3v) is 4.61. The van der Waals surface area contributed by atoms with Gasteiger partial charge in [0.1, 0.15) is 5.75 Å². The topological polar surface area (TPSA) is 70.7 Å². The molecule has 0 radical (unpaired) electrons. The Bertz CT molecular complexity index is 602. The van der Waals surface area contributed by atoms with Gasteiger partial charge in [0.2, 0.25) is 0 Å². The van der Waals surface area contributed by atoms with E-state index in [1.54, 1.807) is 0 Å². The van der Waals surface area contributed by atoms with E-state index in [4.69, 9.17) is 4.74 Å². The number of carbonyl (C=O) groups is 2. The fraction of sp³-hybridized carbons (Fsp3) is 0.600. The van der Waals surface area contributed by atoms with Gasteiger partial charge in [0.15, 0.2) is 6.61 Å². The summed E-state index contributed by atoms with van der Waals surface area (Å²) in [4.78, 5) is 26.4. The van der Waals surface area contributed by atoms with Crippen LogP contribution in [0.2, 0.25) is 0 Å². The van der Waals surface area contributed by atoms with Crippen molar-refractivity contribution in [2.75, 3.05) is 39.3 Å². The maximum absolute atomic E-state index is 12.3. The quantitative estimate of drug-likeness (QED) is 0.695. The molecule has 1 heterocycles. The summed E-state index contributed by atoms with van der Waals surface area (Å²) in [5.74, 6) is 0.637. The summed E-state index contributed by atoms with van der Waals surface area (Å²) in [6.45, 7) is 9.77. The van der Waals surface area contributed by atoms with Crippen molar-refractivity contribution in [3.05, 3.63) is 28.8 Å². The first kappa shape index (κ1) is 20.2. The van der Waals surface area contributed by atoms with Crippen LogP contribution in [0.3, 0.4) is 0 Å². The molecule has 0 atom stereocenters. The third kappa shape index (κ3) is 5.73. The first-order valence-electron chi connectivity index (χ1n) is 9.53. The summed E-state index contributed by atoms with van der Waals surface area (Å²) in [7, 11) is 0. The summed E-state index contributed by atoms with van der Waals surface area (Å²) in [5.41, 5.74) is 2.35. The Labute approximate surface area is 156 Å². The van der Waals surface area contributed by atoms with Crippen LogP contribution in [-0.4, -0.2) is 56.0 Å². The van der Waals surface area contributed by atoms with E-state index in [1.807, 2.05) is 37.8 Å². The van der Waals surface area contributed by atoms with Crippen molar-refractivity contribution in [1.82, 2.24) is 15.5 Å². The van der Waals surface area contributed by atoms with Crippen molar-refractivity contribution in [1.29, 1.82) is 0 Å². The average molecular weight is 361 g/mol. The zero-order valence-corrected chi connectivity index (χ0v) is 16.2. The van der Waals surface area contributed by atoms with Gasteiger partial charge in [-0.25, -0.2) is 0 Å². The molecule has 6 heteroatoms. The van der Waals surface area contributed by atoms with E-state index < -0.39 is 0 Å². The number of ether oxygens (including phenoxy) is 1. The highest BCUT2D eigenvalue weighted by molar-refractivity contribution is 5.94. The second-order valence-electron chi connectivity index (χ2n) is 6.78. The number of rotatable bonds is 8. The van der Waals surface area contributed by atoms with Crippen molar-refractivity contribution in [3.8, 4) is 5.75 Å². The highest BCUT2D eigenvalue weighted by Gasteiger charge is 2.18. The van der Waals surface area contributed by atoms with Crippen LogP contribution in [0.25, 0.3) is 0 Å². The molecule has 0 bridgehead atoms. The Morgan fingerprint density at radius 3 is 2.35 bits per heavy atom. The highest BCUT2D eigenvalue weighted by Crippen LogP contribution is 2.25. The normalized spacial score (nSPS) is 14.2. The molecule has 26 heavy (non-hydrogen) atoms. The van der Waals surface area contributed by atoms with Gasteiger partial charge in [-0.2, -0.15) is 0 Å². The van der Waals surface area contributed by atoms with E-state index in [0.717, 1.165) is 50.1 Å². The number of carbonyl (C=O) groups excluding carboxylic acids is 2. The summed E-state index contributed by atoms with van der Waals surface area (Å²) >= 11 is 0. The molecule has 1 aromatic carbocycles. The van der Waals surface area contributed by atoms with Gasteiger partial charge in [0.05, 0.1) is 0 Å². The maximum Gasteiger partial charge on any atom is 0.260 e. The molecule has 1 aliphatic rings. The van der Waals surface area contributed by atoms with Crippen LogP contribution in [0.15, 0.2) is 12.1 Å². The molecule has 0 aromatic heterocycles. The maximum atomic E-state index is 12.3. The molecule has 2 rings (SSSR count). The van der Waals surface area contributed by atoms with E-state index in [1.165, 1.54) is 6.42 Å². The van der Waals surface area contributed by atoms with E-state index >= 15 is 0 Å². The lowest BCUT2D eigenvalue weighted by atomic mass is 10.1. The molecule has 144 valence electrons. The van der Waals surface area contributed by atoms with Crippen molar-refractivity contribution >= 4 is 11.8 Å². The van der Waals surface area contributed by atoms with Gasteiger partial charge in [-0.05, 0) is 62.9 Å². The summed E-state index contributed by atoms with van der Waals surface area (Å²) in [5, 5.41) is 6.07. The second-order valence-corrected chi connectivity index (χ2v) is 6.78. The van der Waals surface area contributed by atoms with E-state index in [2.05, 4.69) is 10.6 Å². The molecule has 1 saturated heterocycles. The van der Waals surface area contributed by atoms with Crippen LogP contribution >= 0.6 is 0 Å². The molecular formula is C20H31N3O3. The lowest BCUT2D eigenvalue weighted by molar-refractivity contribution is -0.134. The molecule has 2 N–H and O–H groups in total. The largest absolute Gasteiger partial charge is 0.483 e. The molecule has 1 fully saturated rings. The molecule has 0 unspecified atom stereocenters. The molecule has 0 aliphatic carbocycles. The number of likely N-dealkylation sites (N-methyl/N-ethyl adjacent to an activating group) is 1. The fourth-order valence-electron chi connectivity index (χ4n) is 3.22. The monoisotopic (exact) mass is 361 g/mol. The Hall–Kier alpha value is -2.08.